The number of allylic oxidation sites excluding steroid dienone is 1. The Bertz CT molecular complexity index is 590. The van der Waals surface area contributed by atoms with Crippen LogP contribution in [0.25, 0.3) is 0 Å². The molecule has 0 N–H and O–H groups in total. The minimum Gasteiger partial charge on any atom is -0.268 e. The largest absolute Gasteiger partial charge is 0.268 e. The number of hydrogen-bond donors (Lipinski definition) is 0. The van der Waals surface area contributed by atoms with E-state index in [-0.39, 0.29) is 0 Å². The molecule has 1 unspecified atom stereocenters. The van der Waals surface area contributed by atoms with E-state index in [1.165, 1.54) is 0 Å². The first-order valence-electron chi connectivity index (χ1n) is 5.69. The molecule has 4 nitrogen and oxygen atoms in total. The summed E-state index contributed by atoms with van der Waals surface area (Å²) in [4.78, 5) is 12.0. The fraction of sp³-hybridized carbons (Fsp3) is 0.308. The molecule has 1 aromatic carbocycles. The van der Waals surface area contributed by atoms with Gasteiger partial charge in [-0.3, -0.25) is 4.79 Å². The highest BCUT2D eigenvalue weighted by atomic mass is 32.2. The molecule has 0 aromatic heterocycles. The number of carbonyl (C=O) groups is 1. The van der Waals surface area contributed by atoms with Crippen LogP contribution < -0.4 is 0 Å². The summed E-state index contributed by atoms with van der Waals surface area (Å²) in [7, 11) is -3.55. The summed E-state index contributed by atoms with van der Waals surface area (Å²) in [6.45, 7) is 1.75. The number of sulfonamides is 1. The van der Waals surface area contributed by atoms with Gasteiger partial charge in [-0.1, -0.05) is 36.4 Å². The number of amides is 1. The van der Waals surface area contributed by atoms with E-state index in [0.29, 0.717) is 12.0 Å². The van der Waals surface area contributed by atoms with E-state index >= 15 is 0 Å². The minimum absolute atomic E-state index is 0.408. The van der Waals surface area contributed by atoms with Crippen LogP contribution in [0.2, 0.25) is 0 Å². The van der Waals surface area contributed by atoms with Crippen LogP contribution >= 0.6 is 0 Å². The number of benzene rings is 1. The Kier molecular flexibility index (Phi) is 3.26. The van der Waals surface area contributed by atoms with E-state index < -0.39 is 22.0 Å². The van der Waals surface area contributed by atoms with Gasteiger partial charge in [-0.25, -0.2) is 12.7 Å². The van der Waals surface area contributed by atoms with Crippen molar-refractivity contribution in [2.75, 3.05) is 6.26 Å². The Labute approximate surface area is 107 Å². The van der Waals surface area contributed by atoms with Crippen molar-refractivity contribution in [2.24, 2.45) is 0 Å². The molecule has 1 fully saturated rings. The summed E-state index contributed by atoms with van der Waals surface area (Å²) in [5.41, 5.74) is 1.39. The van der Waals surface area contributed by atoms with E-state index in [4.69, 9.17) is 0 Å². The van der Waals surface area contributed by atoms with Gasteiger partial charge in [0, 0.05) is 12.0 Å². The van der Waals surface area contributed by atoms with E-state index in [1.54, 1.807) is 13.0 Å². The molecule has 1 aliphatic heterocycles. The highest BCUT2D eigenvalue weighted by molar-refractivity contribution is 7.89. The Morgan fingerprint density at radius 1 is 1.28 bits per heavy atom. The van der Waals surface area contributed by atoms with Crippen LogP contribution in [0.5, 0.6) is 0 Å². The lowest BCUT2D eigenvalue weighted by Gasteiger charge is -2.22. The Balaban J connectivity index is 2.50. The molecular formula is C13H15NO3S. The third-order valence-electron chi connectivity index (χ3n) is 3.06. The third-order valence-corrected chi connectivity index (χ3v) is 4.20. The summed E-state index contributed by atoms with van der Waals surface area (Å²) in [5, 5.41) is 0. The molecule has 1 atom stereocenters. The Morgan fingerprint density at radius 2 is 1.89 bits per heavy atom. The van der Waals surface area contributed by atoms with Crippen molar-refractivity contribution in [1.29, 1.82) is 0 Å². The molecule has 1 saturated heterocycles. The van der Waals surface area contributed by atoms with Crippen molar-refractivity contribution >= 4 is 15.9 Å². The minimum atomic E-state index is -3.55. The number of carbonyl (C=O) groups excluding carboxylic acids is 1. The Hall–Kier alpha value is -1.62. The molecule has 0 saturated carbocycles. The molecule has 18 heavy (non-hydrogen) atoms. The van der Waals surface area contributed by atoms with Crippen LogP contribution in [0.3, 0.4) is 0 Å². The van der Waals surface area contributed by atoms with Crippen molar-refractivity contribution in [2.45, 2.75) is 19.4 Å². The van der Waals surface area contributed by atoms with E-state index in [9.17, 15) is 13.2 Å². The molecule has 0 spiro atoms. The van der Waals surface area contributed by atoms with Crippen LogP contribution in [0.15, 0.2) is 42.0 Å². The molecule has 0 bridgehead atoms. The van der Waals surface area contributed by atoms with Crippen molar-refractivity contribution < 1.29 is 13.2 Å². The quantitative estimate of drug-likeness (QED) is 0.767. The molecule has 2 rings (SSSR count). The third kappa shape index (κ3) is 2.18. The highest BCUT2D eigenvalue weighted by Crippen LogP contribution is 2.37. The number of rotatable bonds is 2. The van der Waals surface area contributed by atoms with Gasteiger partial charge in [0.1, 0.15) is 0 Å². The molecule has 1 amide bonds. The van der Waals surface area contributed by atoms with Gasteiger partial charge >= 0.3 is 0 Å². The standard InChI is InChI=1S/C13H15NO3S/c1-3-10-9-12(11-7-5-4-6-8-11)14(13(10)15)18(2,16)17/h3-8,12H,9H2,1-2H3/b10-3+. The number of hydrogen-bond acceptors (Lipinski definition) is 3. The molecule has 96 valence electrons. The van der Waals surface area contributed by atoms with Crippen LogP contribution in [0, 0.1) is 0 Å². The maximum atomic E-state index is 12.0. The van der Waals surface area contributed by atoms with E-state index in [0.717, 1.165) is 16.1 Å². The zero-order valence-electron chi connectivity index (χ0n) is 10.3. The van der Waals surface area contributed by atoms with Gasteiger partial charge in [0.25, 0.3) is 5.91 Å². The second-order valence-electron chi connectivity index (χ2n) is 4.31. The first kappa shape index (κ1) is 12.8. The SMILES string of the molecule is C/C=C1\CC(c2ccccc2)N(S(C)(=O)=O)C1=O. The summed E-state index contributed by atoms with van der Waals surface area (Å²) in [5.74, 6) is -0.408. The second kappa shape index (κ2) is 4.57. The zero-order chi connectivity index (χ0) is 13.3. The maximum absolute atomic E-state index is 12.0. The predicted octanol–water partition coefficient (Wildman–Crippen LogP) is 1.87. The lowest BCUT2D eigenvalue weighted by molar-refractivity contribution is -0.121. The highest BCUT2D eigenvalue weighted by Gasteiger charge is 2.41. The molecule has 0 radical (unpaired) electrons. The van der Waals surface area contributed by atoms with Gasteiger partial charge in [-0.15, -0.1) is 0 Å². The smallest absolute Gasteiger partial charge is 0.263 e. The predicted molar refractivity (Wildman–Crippen MR) is 69.2 cm³/mol. The van der Waals surface area contributed by atoms with E-state index in [2.05, 4.69) is 0 Å². The first-order valence-corrected chi connectivity index (χ1v) is 7.54. The normalized spacial score (nSPS) is 22.8. The van der Waals surface area contributed by atoms with Crippen molar-refractivity contribution in [3.05, 3.63) is 47.5 Å². The van der Waals surface area contributed by atoms with E-state index in [1.807, 2.05) is 30.3 Å². The summed E-state index contributed by atoms with van der Waals surface area (Å²) < 4.78 is 24.5. The summed E-state index contributed by atoms with van der Waals surface area (Å²) in [6, 6.07) is 8.81. The van der Waals surface area contributed by atoms with Gasteiger partial charge in [0.05, 0.1) is 12.3 Å². The molecule has 5 heteroatoms. The number of nitrogens with zero attached hydrogens (tertiary/aromatic N) is 1. The van der Waals surface area contributed by atoms with Gasteiger partial charge in [0.2, 0.25) is 10.0 Å². The fourth-order valence-corrected chi connectivity index (χ4v) is 3.29. The average Bonchev–Trinajstić information content (AvgIpc) is 2.67. The molecule has 0 aliphatic carbocycles. The van der Waals surface area contributed by atoms with Crippen molar-refractivity contribution in [3.8, 4) is 0 Å². The average molecular weight is 265 g/mol. The van der Waals surface area contributed by atoms with Crippen LogP contribution in [0.1, 0.15) is 24.9 Å². The van der Waals surface area contributed by atoms with Gasteiger partial charge in [0.15, 0.2) is 0 Å². The van der Waals surface area contributed by atoms with Gasteiger partial charge in [-0.2, -0.15) is 0 Å². The van der Waals surface area contributed by atoms with Crippen molar-refractivity contribution in [1.82, 2.24) is 4.31 Å². The molecular weight excluding hydrogens is 250 g/mol. The monoisotopic (exact) mass is 265 g/mol. The molecule has 1 heterocycles. The second-order valence-corrected chi connectivity index (χ2v) is 6.17. The topological polar surface area (TPSA) is 54.5 Å². The van der Waals surface area contributed by atoms with Crippen LogP contribution in [-0.2, 0) is 14.8 Å². The van der Waals surface area contributed by atoms with Crippen LogP contribution in [0.4, 0.5) is 0 Å². The van der Waals surface area contributed by atoms with Crippen molar-refractivity contribution in [3.63, 3.8) is 0 Å². The fourth-order valence-electron chi connectivity index (χ4n) is 2.21. The Morgan fingerprint density at radius 3 is 2.39 bits per heavy atom. The van der Waals surface area contributed by atoms with Crippen LogP contribution in [-0.4, -0.2) is 24.9 Å². The maximum Gasteiger partial charge on any atom is 0.263 e. The summed E-state index contributed by atoms with van der Waals surface area (Å²) in [6.07, 6.45) is 3.19. The van der Waals surface area contributed by atoms with Gasteiger partial charge < -0.3 is 0 Å². The molecule has 1 aromatic rings. The lowest BCUT2D eigenvalue weighted by Crippen LogP contribution is -2.33. The molecule has 1 aliphatic rings. The summed E-state index contributed by atoms with van der Waals surface area (Å²) >= 11 is 0. The zero-order valence-corrected chi connectivity index (χ0v) is 11.1. The van der Waals surface area contributed by atoms with Gasteiger partial charge in [-0.05, 0) is 12.5 Å². The lowest BCUT2D eigenvalue weighted by atomic mass is 10.0. The first-order chi connectivity index (χ1) is 8.45.